The fourth-order valence-electron chi connectivity index (χ4n) is 2.77. The van der Waals surface area contributed by atoms with E-state index in [1.54, 1.807) is 17.9 Å². The van der Waals surface area contributed by atoms with Crippen LogP contribution < -0.4 is 5.32 Å². The summed E-state index contributed by atoms with van der Waals surface area (Å²) >= 11 is 6.21. The number of halogens is 4. The molecule has 1 aliphatic rings. The summed E-state index contributed by atoms with van der Waals surface area (Å²) in [4.78, 5) is 14.1. The standard InChI is InChI=1S/C16H20ClF3N2O2/c1-11(9-24-10-16(18,19)20)21-15(23)22-8-4-7-14(22)12-5-2-3-6-13(12)17/h2-3,5-6,11,14H,4,7-10H2,1H3,(H,21,23)/t11-,14+/m0/s1. The van der Waals surface area contributed by atoms with Gasteiger partial charge in [0.25, 0.3) is 0 Å². The first kappa shape index (κ1) is 18.9. The first-order valence-electron chi connectivity index (χ1n) is 7.74. The van der Waals surface area contributed by atoms with E-state index in [0.717, 1.165) is 18.4 Å². The van der Waals surface area contributed by atoms with Crippen LogP contribution in [0.3, 0.4) is 0 Å². The third kappa shape index (κ3) is 5.27. The van der Waals surface area contributed by atoms with E-state index < -0.39 is 18.8 Å². The van der Waals surface area contributed by atoms with Gasteiger partial charge in [-0.15, -0.1) is 0 Å². The molecule has 1 aromatic carbocycles. The topological polar surface area (TPSA) is 41.6 Å². The average molecular weight is 365 g/mol. The van der Waals surface area contributed by atoms with Crippen LogP contribution >= 0.6 is 11.6 Å². The van der Waals surface area contributed by atoms with E-state index in [4.69, 9.17) is 11.6 Å². The van der Waals surface area contributed by atoms with Crippen LogP contribution in [0.15, 0.2) is 24.3 Å². The molecule has 4 nitrogen and oxygen atoms in total. The van der Waals surface area contributed by atoms with Gasteiger partial charge < -0.3 is 15.0 Å². The molecule has 0 saturated carbocycles. The smallest absolute Gasteiger partial charge is 0.370 e. The number of urea groups is 1. The van der Waals surface area contributed by atoms with E-state index in [9.17, 15) is 18.0 Å². The van der Waals surface area contributed by atoms with Gasteiger partial charge in [-0.1, -0.05) is 29.8 Å². The summed E-state index contributed by atoms with van der Waals surface area (Å²) < 4.78 is 40.7. The Morgan fingerprint density at radius 3 is 2.83 bits per heavy atom. The molecule has 2 rings (SSSR count). The highest BCUT2D eigenvalue weighted by Gasteiger charge is 2.32. The Bertz CT molecular complexity index is 568. The van der Waals surface area contributed by atoms with Crippen LogP contribution in [0.1, 0.15) is 31.4 Å². The van der Waals surface area contributed by atoms with E-state index in [0.29, 0.717) is 11.6 Å². The van der Waals surface area contributed by atoms with E-state index in [-0.39, 0.29) is 18.7 Å². The van der Waals surface area contributed by atoms with Crippen LogP contribution in [-0.2, 0) is 4.74 Å². The van der Waals surface area contributed by atoms with E-state index in [1.165, 1.54) is 0 Å². The lowest BCUT2D eigenvalue weighted by atomic mass is 10.0. The highest BCUT2D eigenvalue weighted by Crippen LogP contribution is 2.35. The summed E-state index contributed by atoms with van der Waals surface area (Å²) in [5.41, 5.74) is 0.882. The van der Waals surface area contributed by atoms with E-state index in [1.807, 2.05) is 18.2 Å². The van der Waals surface area contributed by atoms with Gasteiger partial charge in [0.1, 0.15) is 6.61 Å². The normalized spacial score (nSPS) is 19.4. The van der Waals surface area contributed by atoms with Gasteiger partial charge in [0.05, 0.1) is 18.7 Å². The van der Waals surface area contributed by atoms with Crippen molar-refractivity contribution in [2.24, 2.45) is 0 Å². The Labute approximate surface area is 143 Å². The third-order valence-electron chi connectivity index (χ3n) is 3.78. The quantitative estimate of drug-likeness (QED) is 0.852. The minimum atomic E-state index is -4.37. The van der Waals surface area contributed by atoms with Crippen molar-refractivity contribution in [2.45, 2.75) is 38.0 Å². The monoisotopic (exact) mass is 364 g/mol. The van der Waals surface area contributed by atoms with Crippen molar-refractivity contribution < 1.29 is 22.7 Å². The maximum Gasteiger partial charge on any atom is 0.411 e. The van der Waals surface area contributed by atoms with Gasteiger partial charge in [0, 0.05) is 11.6 Å². The predicted molar refractivity (Wildman–Crippen MR) is 85.0 cm³/mol. The highest BCUT2D eigenvalue weighted by atomic mass is 35.5. The largest absolute Gasteiger partial charge is 0.411 e. The summed E-state index contributed by atoms with van der Waals surface area (Å²) in [6, 6.07) is 6.39. The first-order chi connectivity index (χ1) is 11.3. The molecule has 1 heterocycles. The second-order valence-corrected chi connectivity index (χ2v) is 6.26. The molecule has 0 unspecified atom stereocenters. The van der Waals surface area contributed by atoms with E-state index in [2.05, 4.69) is 10.1 Å². The molecule has 134 valence electrons. The molecule has 1 aromatic rings. The zero-order chi connectivity index (χ0) is 17.7. The summed E-state index contributed by atoms with van der Waals surface area (Å²) in [5, 5.41) is 3.28. The Hall–Kier alpha value is -1.47. The Morgan fingerprint density at radius 1 is 1.46 bits per heavy atom. The fourth-order valence-corrected chi connectivity index (χ4v) is 3.03. The first-order valence-corrected chi connectivity index (χ1v) is 8.12. The van der Waals surface area contributed by atoms with Crippen LogP contribution in [0.25, 0.3) is 0 Å². The molecule has 2 atom stereocenters. The predicted octanol–water partition coefficient (Wildman–Crippen LogP) is 4.15. The lowest BCUT2D eigenvalue weighted by Gasteiger charge is -2.27. The number of hydrogen-bond acceptors (Lipinski definition) is 2. The van der Waals surface area contributed by atoms with Crippen LogP contribution in [0.2, 0.25) is 5.02 Å². The van der Waals surface area contributed by atoms with Crippen LogP contribution in [0, 0.1) is 0 Å². The number of rotatable bonds is 5. The minimum absolute atomic E-state index is 0.123. The summed E-state index contributed by atoms with van der Waals surface area (Å²) in [6.45, 7) is 0.668. The maximum absolute atomic E-state index is 12.4. The molecule has 1 N–H and O–H groups in total. The third-order valence-corrected chi connectivity index (χ3v) is 4.13. The number of carbonyl (C=O) groups excluding carboxylic acids is 1. The van der Waals surface area contributed by atoms with Gasteiger partial charge in [0.2, 0.25) is 0 Å². The molecule has 2 amide bonds. The lowest BCUT2D eigenvalue weighted by Crippen LogP contribution is -2.45. The zero-order valence-electron chi connectivity index (χ0n) is 13.3. The molecule has 0 aliphatic carbocycles. The number of hydrogen-bond donors (Lipinski definition) is 1. The second kappa shape index (κ2) is 8.07. The number of amides is 2. The number of carbonyl (C=O) groups is 1. The molecule has 24 heavy (non-hydrogen) atoms. The zero-order valence-corrected chi connectivity index (χ0v) is 14.0. The lowest BCUT2D eigenvalue weighted by molar-refractivity contribution is -0.174. The molecule has 1 fully saturated rings. The summed E-state index contributed by atoms with van der Waals surface area (Å²) in [6.07, 6.45) is -2.72. The number of ether oxygens (including phenoxy) is 1. The highest BCUT2D eigenvalue weighted by molar-refractivity contribution is 6.31. The molecule has 1 saturated heterocycles. The van der Waals surface area contributed by atoms with Gasteiger partial charge in [-0.2, -0.15) is 13.2 Å². The number of likely N-dealkylation sites (tertiary alicyclic amines) is 1. The van der Waals surface area contributed by atoms with Gasteiger partial charge in [-0.25, -0.2) is 4.79 Å². The van der Waals surface area contributed by atoms with Crippen LogP contribution in [-0.4, -0.2) is 42.9 Å². The Morgan fingerprint density at radius 2 is 2.17 bits per heavy atom. The molecule has 8 heteroatoms. The molecule has 0 bridgehead atoms. The Kier molecular flexibility index (Phi) is 6.34. The van der Waals surface area contributed by atoms with Gasteiger partial charge in [0.15, 0.2) is 0 Å². The molecule has 0 radical (unpaired) electrons. The van der Waals surface area contributed by atoms with Crippen molar-refractivity contribution in [3.8, 4) is 0 Å². The summed E-state index contributed by atoms with van der Waals surface area (Å²) in [7, 11) is 0. The van der Waals surface area contributed by atoms with Crippen molar-refractivity contribution >= 4 is 17.6 Å². The van der Waals surface area contributed by atoms with Crippen molar-refractivity contribution in [3.63, 3.8) is 0 Å². The van der Waals surface area contributed by atoms with Crippen LogP contribution in [0.5, 0.6) is 0 Å². The number of benzene rings is 1. The minimum Gasteiger partial charge on any atom is -0.370 e. The van der Waals surface area contributed by atoms with Gasteiger partial charge in [-0.05, 0) is 31.4 Å². The van der Waals surface area contributed by atoms with E-state index >= 15 is 0 Å². The van der Waals surface area contributed by atoms with Gasteiger partial charge >= 0.3 is 12.2 Å². The summed E-state index contributed by atoms with van der Waals surface area (Å²) in [5.74, 6) is 0. The second-order valence-electron chi connectivity index (χ2n) is 5.85. The number of alkyl halides is 3. The van der Waals surface area contributed by atoms with Gasteiger partial charge in [-0.3, -0.25) is 0 Å². The Balaban J connectivity index is 1.90. The number of nitrogens with zero attached hydrogens (tertiary/aromatic N) is 1. The van der Waals surface area contributed by atoms with Crippen LogP contribution in [0.4, 0.5) is 18.0 Å². The van der Waals surface area contributed by atoms with Crippen molar-refractivity contribution in [1.82, 2.24) is 10.2 Å². The average Bonchev–Trinajstić information content (AvgIpc) is 2.95. The van der Waals surface area contributed by atoms with Crippen molar-refractivity contribution in [2.75, 3.05) is 19.8 Å². The number of nitrogens with one attached hydrogen (secondary N) is 1. The maximum atomic E-state index is 12.4. The molecule has 0 aromatic heterocycles. The molecular weight excluding hydrogens is 345 g/mol. The SMILES string of the molecule is C[C@@H](COCC(F)(F)F)NC(=O)N1CCC[C@@H]1c1ccccc1Cl. The molecule has 1 aliphatic heterocycles. The molecular formula is C16H20ClF3N2O2. The fraction of sp³-hybridized carbons (Fsp3) is 0.562. The van der Waals surface area contributed by atoms with Crippen molar-refractivity contribution in [3.05, 3.63) is 34.9 Å². The molecule has 0 spiro atoms. The van der Waals surface area contributed by atoms with Crippen molar-refractivity contribution in [1.29, 1.82) is 0 Å².